The highest BCUT2D eigenvalue weighted by molar-refractivity contribution is 7.12. The molecule has 4 fully saturated rings. The number of Topliss-reactive ketones (excluding diaryl/α,β-unsaturated/α-hetero) is 1. The fourth-order valence-electron chi connectivity index (χ4n) is 6.59. The van der Waals surface area contributed by atoms with E-state index in [0.717, 1.165) is 19.3 Å². The van der Waals surface area contributed by atoms with Crippen LogP contribution >= 0.6 is 11.3 Å². The lowest BCUT2D eigenvalue weighted by Crippen LogP contribution is -2.51. The Bertz CT molecular complexity index is 1070. The van der Waals surface area contributed by atoms with Gasteiger partial charge < -0.3 is 19.5 Å². The second kappa shape index (κ2) is 9.06. The molecule has 7 nitrogen and oxygen atoms in total. The molecule has 4 aliphatic carbocycles. The Balaban J connectivity index is 1.31. The quantitative estimate of drug-likeness (QED) is 0.534. The largest absolute Gasteiger partial charge is 0.493 e. The highest BCUT2D eigenvalue weighted by Gasteiger charge is 2.54. The predicted molar refractivity (Wildman–Crippen MR) is 128 cm³/mol. The first-order chi connectivity index (χ1) is 16.4. The molecule has 0 aliphatic heterocycles. The molecule has 180 valence electrons. The van der Waals surface area contributed by atoms with E-state index in [-0.39, 0.29) is 35.0 Å². The zero-order chi connectivity index (χ0) is 23.9. The number of benzene rings is 1. The number of amides is 1. The summed E-state index contributed by atoms with van der Waals surface area (Å²) in [6, 6.07) is 6.48. The molecular formula is C26H29NO6S. The lowest BCUT2D eigenvalue weighted by molar-refractivity contribution is -0.147. The maximum absolute atomic E-state index is 13.2. The summed E-state index contributed by atoms with van der Waals surface area (Å²) in [5, 5.41) is 4.59. The molecular weight excluding hydrogens is 454 g/mol. The number of anilines is 1. The minimum absolute atomic E-state index is 0.0478. The van der Waals surface area contributed by atoms with Crippen molar-refractivity contribution in [3.05, 3.63) is 40.1 Å². The van der Waals surface area contributed by atoms with E-state index in [1.54, 1.807) is 17.5 Å². The van der Waals surface area contributed by atoms with Crippen LogP contribution in [0.15, 0.2) is 29.6 Å². The normalized spacial score (nSPS) is 26.7. The van der Waals surface area contributed by atoms with E-state index in [1.165, 1.54) is 57.0 Å². The van der Waals surface area contributed by atoms with E-state index in [0.29, 0.717) is 34.1 Å². The maximum Gasteiger partial charge on any atom is 0.338 e. The maximum atomic E-state index is 13.2. The van der Waals surface area contributed by atoms with Gasteiger partial charge in [-0.1, -0.05) is 6.07 Å². The van der Waals surface area contributed by atoms with Gasteiger partial charge >= 0.3 is 5.97 Å². The molecule has 4 saturated carbocycles. The molecule has 34 heavy (non-hydrogen) atoms. The van der Waals surface area contributed by atoms with Crippen LogP contribution in [-0.2, 0) is 9.53 Å². The molecule has 8 heteroatoms. The second-order valence-corrected chi connectivity index (χ2v) is 10.8. The number of thiophene rings is 1. The predicted octanol–water partition coefficient (Wildman–Crippen LogP) is 4.96. The highest BCUT2D eigenvalue weighted by atomic mass is 32.1. The van der Waals surface area contributed by atoms with Crippen molar-refractivity contribution in [3.8, 4) is 11.5 Å². The summed E-state index contributed by atoms with van der Waals surface area (Å²) in [6.07, 6.45) is 6.55. The van der Waals surface area contributed by atoms with Crippen molar-refractivity contribution in [1.29, 1.82) is 0 Å². The molecule has 4 aliphatic rings. The number of ether oxygens (including phenoxy) is 3. The number of ketones is 1. The molecule has 1 aromatic heterocycles. The Kier molecular flexibility index (Phi) is 6.10. The molecule has 0 spiro atoms. The standard InChI is InChI=1S/C26H29NO6S/c1-31-20-10-18(9-19(23(20)32-2)27-24(29)21-4-3-5-34-21)25(30)33-14-22(28)26-11-15-6-16(12-26)8-17(7-15)13-26/h3-5,9-10,15-17H,6-8,11-14H2,1-2H3,(H,27,29). The van der Waals surface area contributed by atoms with E-state index in [2.05, 4.69) is 5.32 Å². The second-order valence-electron chi connectivity index (χ2n) is 9.89. The van der Waals surface area contributed by atoms with Crippen molar-refractivity contribution < 1.29 is 28.6 Å². The number of carbonyl (C=O) groups excluding carboxylic acids is 3. The summed E-state index contributed by atoms with van der Waals surface area (Å²) in [4.78, 5) is 39.3. The molecule has 1 amide bonds. The van der Waals surface area contributed by atoms with Gasteiger partial charge in [-0.15, -0.1) is 11.3 Å². The lowest BCUT2D eigenvalue weighted by Gasteiger charge is -2.55. The van der Waals surface area contributed by atoms with Gasteiger partial charge in [0.15, 0.2) is 23.9 Å². The number of carbonyl (C=O) groups is 3. The van der Waals surface area contributed by atoms with Crippen LogP contribution in [0.25, 0.3) is 0 Å². The number of hydrogen-bond acceptors (Lipinski definition) is 7. The summed E-state index contributed by atoms with van der Waals surface area (Å²) in [5.41, 5.74) is 0.156. The molecule has 0 radical (unpaired) electrons. The van der Waals surface area contributed by atoms with Gasteiger partial charge in [-0.2, -0.15) is 0 Å². The van der Waals surface area contributed by atoms with E-state index in [9.17, 15) is 14.4 Å². The molecule has 0 saturated heterocycles. The number of rotatable bonds is 8. The van der Waals surface area contributed by atoms with Crippen LogP contribution in [0.1, 0.15) is 58.6 Å². The van der Waals surface area contributed by atoms with Gasteiger partial charge in [0, 0.05) is 5.41 Å². The molecule has 2 aromatic rings. The van der Waals surface area contributed by atoms with Crippen LogP contribution < -0.4 is 14.8 Å². The van der Waals surface area contributed by atoms with E-state index >= 15 is 0 Å². The van der Waals surface area contributed by atoms with Gasteiger partial charge in [0.05, 0.1) is 30.3 Å². The summed E-state index contributed by atoms with van der Waals surface area (Å²) in [7, 11) is 2.91. The summed E-state index contributed by atoms with van der Waals surface area (Å²) in [5.74, 6) is 1.61. The minimum atomic E-state index is -0.634. The Morgan fingerprint density at radius 1 is 1.03 bits per heavy atom. The number of methoxy groups -OCH3 is 2. The molecule has 4 bridgehead atoms. The van der Waals surface area contributed by atoms with Crippen molar-refractivity contribution in [1.82, 2.24) is 0 Å². The van der Waals surface area contributed by atoms with Crippen LogP contribution in [0.4, 0.5) is 5.69 Å². The number of hydrogen-bond donors (Lipinski definition) is 1. The molecule has 1 aromatic carbocycles. The van der Waals surface area contributed by atoms with E-state index < -0.39 is 5.97 Å². The lowest BCUT2D eigenvalue weighted by atomic mass is 9.48. The molecule has 1 heterocycles. The highest BCUT2D eigenvalue weighted by Crippen LogP contribution is 2.60. The van der Waals surface area contributed by atoms with Crippen molar-refractivity contribution in [2.75, 3.05) is 26.1 Å². The Morgan fingerprint density at radius 3 is 2.26 bits per heavy atom. The number of nitrogens with one attached hydrogen (secondary N) is 1. The summed E-state index contributed by atoms with van der Waals surface area (Å²) in [6.45, 7) is -0.226. The molecule has 0 unspecified atom stereocenters. The molecule has 1 N–H and O–H groups in total. The Hall–Kier alpha value is -2.87. The van der Waals surface area contributed by atoms with Crippen molar-refractivity contribution >= 4 is 34.7 Å². The van der Waals surface area contributed by atoms with Crippen LogP contribution in [0.5, 0.6) is 11.5 Å². The van der Waals surface area contributed by atoms with Crippen molar-refractivity contribution in [2.24, 2.45) is 23.2 Å². The topological polar surface area (TPSA) is 90.9 Å². The number of esters is 1. The van der Waals surface area contributed by atoms with Gasteiger partial charge in [-0.3, -0.25) is 9.59 Å². The first-order valence-electron chi connectivity index (χ1n) is 11.7. The van der Waals surface area contributed by atoms with Crippen molar-refractivity contribution in [3.63, 3.8) is 0 Å². The Labute approximate surface area is 202 Å². The minimum Gasteiger partial charge on any atom is -0.493 e. The van der Waals surface area contributed by atoms with Crippen LogP contribution in [0.2, 0.25) is 0 Å². The zero-order valence-electron chi connectivity index (χ0n) is 19.4. The van der Waals surface area contributed by atoms with Crippen LogP contribution in [-0.4, -0.2) is 38.5 Å². The zero-order valence-corrected chi connectivity index (χ0v) is 20.2. The van der Waals surface area contributed by atoms with Gasteiger partial charge in [-0.05, 0) is 79.9 Å². The smallest absolute Gasteiger partial charge is 0.338 e. The van der Waals surface area contributed by atoms with Crippen molar-refractivity contribution in [2.45, 2.75) is 38.5 Å². The molecule has 6 rings (SSSR count). The third-order valence-electron chi connectivity index (χ3n) is 7.67. The van der Waals surface area contributed by atoms with Gasteiger partial charge in [0.25, 0.3) is 5.91 Å². The van der Waals surface area contributed by atoms with Crippen LogP contribution in [0, 0.1) is 23.2 Å². The first kappa shape index (κ1) is 22.9. The fraction of sp³-hybridized carbons (Fsp3) is 0.500. The van der Waals surface area contributed by atoms with E-state index in [1.807, 2.05) is 0 Å². The first-order valence-corrected chi connectivity index (χ1v) is 12.6. The van der Waals surface area contributed by atoms with Crippen LogP contribution in [0.3, 0.4) is 0 Å². The monoisotopic (exact) mass is 483 g/mol. The summed E-state index contributed by atoms with van der Waals surface area (Å²) >= 11 is 1.31. The van der Waals surface area contributed by atoms with Gasteiger partial charge in [0.1, 0.15) is 0 Å². The fourth-order valence-corrected chi connectivity index (χ4v) is 7.21. The average molecular weight is 484 g/mol. The summed E-state index contributed by atoms with van der Waals surface area (Å²) < 4.78 is 16.3. The average Bonchev–Trinajstić information content (AvgIpc) is 3.36. The van der Waals surface area contributed by atoms with E-state index in [4.69, 9.17) is 14.2 Å². The molecule has 0 atom stereocenters. The van der Waals surface area contributed by atoms with Gasteiger partial charge in [-0.25, -0.2) is 4.79 Å². The third kappa shape index (κ3) is 4.19. The SMILES string of the molecule is COc1cc(C(=O)OCC(=O)C23CC4CC(CC(C4)C2)C3)cc(NC(=O)c2cccs2)c1OC. The Morgan fingerprint density at radius 2 is 1.71 bits per heavy atom. The third-order valence-corrected chi connectivity index (χ3v) is 8.54. The van der Waals surface area contributed by atoms with Gasteiger partial charge in [0.2, 0.25) is 0 Å².